The fraction of sp³-hybridized carbons (Fsp3) is 0.450. The van der Waals surface area contributed by atoms with Crippen molar-refractivity contribution in [2.75, 3.05) is 13.6 Å². The fourth-order valence-corrected chi connectivity index (χ4v) is 2.81. The Morgan fingerprint density at radius 2 is 1.56 bits per heavy atom. The minimum Gasteiger partial charge on any atom is -0.481 e. The molecule has 1 aromatic carbocycles. The van der Waals surface area contributed by atoms with Crippen LogP contribution in [0.4, 0.5) is 10.5 Å². The van der Waals surface area contributed by atoms with Crippen molar-refractivity contribution in [2.45, 2.75) is 44.2 Å². The van der Waals surface area contributed by atoms with E-state index in [9.17, 15) is 29.1 Å². The summed E-state index contributed by atoms with van der Waals surface area (Å²) in [7, 11) is 1.42. The van der Waals surface area contributed by atoms with E-state index in [1.807, 2.05) is 0 Å². The quantitative estimate of drug-likeness (QED) is 0.115. The van der Waals surface area contributed by atoms with Crippen molar-refractivity contribution in [2.24, 2.45) is 5.11 Å². The third-order valence-electron chi connectivity index (χ3n) is 4.72. The van der Waals surface area contributed by atoms with E-state index in [1.54, 1.807) is 0 Å². The first kappa shape index (κ1) is 27.7. The maximum Gasteiger partial charge on any atom is 0.326 e. The SMILES string of the molecule is CN(CCCC[C@H](NC(=O)c1ccc(N=[N+]=[N-])cc1)C(=O)O)C(=O)N[C@@H](CCC(=O)O)C(=O)O. The van der Waals surface area contributed by atoms with E-state index in [-0.39, 0.29) is 24.9 Å². The Kier molecular flexibility index (Phi) is 11.4. The van der Waals surface area contributed by atoms with E-state index < -0.39 is 48.4 Å². The zero-order chi connectivity index (χ0) is 25.7. The van der Waals surface area contributed by atoms with Crippen LogP contribution in [-0.4, -0.2) is 75.7 Å². The molecule has 0 aliphatic carbocycles. The van der Waals surface area contributed by atoms with E-state index >= 15 is 0 Å². The number of nitrogens with zero attached hydrogens (tertiary/aromatic N) is 4. The van der Waals surface area contributed by atoms with Crippen LogP contribution >= 0.6 is 0 Å². The summed E-state index contributed by atoms with van der Waals surface area (Å²) in [5.41, 5.74) is 8.89. The highest BCUT2D eigenvalue weighted by molar-refractivity contribution is 5.96. The summed E-state index contributed by atoms with van der Waals surface area (Å²) >= 11 is 0. The van der Waals surface area contributed by atoms with E-state index in [0.717, 1.165) is 0 Å². The molecule has 14 nitrogen and oxygen atoms in total. The van der Waals surface area contributed by atoms with Gasteiger partial charge in [-0.05, 0) is 43.3 Å². The lowest BCUT2D eigenvalue weighted by Crippen LogP contribution is -2.47. The molecule has 184 valence electrons. The molecule has 0 saturated carbocycles. The summed E-state index contributed by atoms with van der Waals surface area (Å²) < 4.78 is 0. The van der Waals surface area contributed by atoms with E-state index in [0.29, 0.717) is 18.5 Å². The highest BCUT2D eigenvalue weighted by Gasteiger charge is 2.23. The molecule has 2 atom stereocenters. The maximum atomic E-state index is 12.3. The molecule has 3 amide bonds. The van der Waals surface area contributed by atoms with Crippen LogP contribution in [0.1, 0.15) is 42.5 Å². The van der Waals surface area contributed by atoms with Gasteiger partial charge in [0.2, 0.25) is 0 Å². The Balaban J connectivity index is 2.51. The molecule has 1 rings (SSSR count). The molecule has 0 unspecified atom stereocenters. The molecule has 1 aromatic rings. The smallest absolute Gasteiger partial charge is 0.326 e. The Bertz CT molecular complexity index is 945. The highest BCUT2D eigenvalue weighted by atomic mass is 16.4. The van der Waals surface area contributed by atoms with Gasteiger partial charge in [0, 0.05) is 36.2 Å². The van der Waals surface area contributed by atoms with Crippen LogP contribution in [0.5, 0.6) is 0 Å². The van der Waals surface area contributed by atoms with Crippen molar-refractivity contribution in [1.82, 2.24) is 15.5 Å². The van der Waals surface area contributed by atoms with Crippen LogP contribution in [0, 0.1) is 0 Å². The van der Waals surface area contributed by atoms with Crippen molar-refractivity contribution in [3.63, 3.8) is 0 Å². The van der Waals surface area contributed by atoms with Crippen LogP contribution in [-0.2, 0) is 14.4 Å². The number of unbranched alkanes of at least 4 members (excludes halogenated alkanes) is 1. The molecule has 0 heterocycles. The summed E-state index contributed by atoms with van der Waals surface area (Å²) in [5, 5.41) is 35.2. The molecule has 34 heavy (non-hydrogen) atoms. The van der Waals surface area contributed by atoms with Crippen LogP contribution in [0.15, 0.2) is 29.4 Å². The number of carbonyl (C=O) groups is 5. The first-order chi connectivity index (χ1) is 16.0. The van der Waals surface area contributed by atoms with Gasteiger partial charge in [-0.25, -0.2) is 14.4 Å². The molecule has 0 aliphatic rings. The molecule has 14 heteroatoms. The highest BCUT2D eigenvalue weighted by Crippen LogP contribution is 2.13. The lowest BCUT2D eigenvalue weighted by molar-refractivity contribution is -0.141. The Labute approximate surface area is 194 Å². The maximum absolute atomic E-state index is 12.3. The normalized spacial score (nSPS) is 11.9. The van der Waals surface area contributed by atoms with Crippen molar-refractivity contribution >= 4 is 35.5 Å². The Morgan fingerprint density at radius 1 is 0.971 bits per heavy atom. The number of carbonyl (C=O) groups excluding carboxylic acids is 2. The fourth-order valence-electron chi connectivity index (χ4n) is 2.81. The van der Waals surface area contributed by atoms with Gasteiger partial charge in [-0.3, -0.25) is 9.59 Å². The molecule has 0 aliphatic heterocycles. The predicted molar refractivity (Wildman–Crippen MR) is 117 cm³/mol. The van der Waals surface area contributed by atoms with Crippen LogP contribution < -0.4 is 10.6 Å². The standard InChI is InChI=1S/C20H26N6O8/c1-26(20(34)23-15(19(32)33)9-10-16(27)28)11-3-2-4-14(18(30)31)22-17(29)12-5-7-13(8-6-12)24-25-21/h5-8,14-15H,2-4,9-11H2,1H3,(H,22,29)(H,23,34)(H,27,28)(H,30,31)(H,32,33)/t14-,15-/m0/s1. The number of urea groups is 1. The number of hydrogen-bond acceptors (Lipinski definition) is 6. The second-order valence-electron chi connectivity index (χ2n) is 7.29. The van der Waals surface area contributed by atoms with Crippen molar-refractivity contribution in [1.29, 1.82) is 0 Å². The van der Waals surface area contributed by atoms with E-state index in [2.05, 4.69) is 20.7 Å². The third-order valence-corrected chi connectivity index (χ3v) is 4.72. The topological polar surface area (TPSA) is 222 Å². The van der Waals surface area contributed by atoms with Gasteiger partial charge >= 0.3 is 23.9 Å². The average molecular weight is 478 g/mol. The zero-order valence-electron chi connectivity index (χ0n) is 18.4. The van der Waals surface area contributed by atoms with Crippen molar-refractivity contribution < 1.29 is 39.3 Å². The molecule has 0 spiro atoms. The van der Waals surface area contributed by atoms with Gasteiger partial charge in [-0.15, -0.1) is 0 Å². The monoisotopic (exact) mass is 478 g/mol. The lowest BCUT2D eigenvalue weighted by atomic mass is 10.1. The van der Waals surface area contributed by atoms with Crippen LogP contribution in [0.25, 0.3) is 10.4 Å². The predicted octanol–water partition coefficient (Wildman–Crippen LogP) is 1.94. The third kappa shape index (κ3) is 9.87. The number of hydrogen-bond donors (Lipinski definition) is 5. The molecule has 0 bridgehead atoms. The minimum absolute atomic E-state index is 0.0870. The summed E-state index contributed by atoms with van der Waals surface area (Å²) in [6.45, 7) is 0.179. The molecule has 0 saturated heterocycles. The Morgan fingerprint density at radius 3 is 2.09 bits per heavy atom. The number of nitrogens with one attached hydrogen (secondary N) is 2. The number of rotatable bonds is 14. The first-order valence-corrected chi connectivity index (χ1v) is 10.2. The minimum atomic E-state index is -1.35. The number of aliphatic carboxylic acids is 3. The summed E-state index contributed by atoms with van der Waals surface area (Å²) in [4.78, 5) is 61.5. The largest absolute Gasteiger partial charge is 0.481 e. The second kappa shape index (κ2) is 14.0. The van der Waals surface area contributed by atoms with E-state index in [4.69, 9.17) is 15.7 Å². The van der Waals surface area contributed by atoms with Crippen LogP contribution in [0.2, 0.25) is 0 Å². The van der Waals surface area contributed by atoms with Gasteiger partial charge in [0.15, 0.2) is 0 Å². The lowest BCUT2D eigenvalue weighted by Gasteiger charge is -2.21. The van der Waals surface area contributed by atoms with Crippen molar-refractivity contribution in [3.05, 3.63) is 40.3 Å². The molecular formula is C20H26N6O8. The average Bonchev–Trinajstić information content (AvgIpc) is 2.78. The number of amides is 3. The summed E-state index contributed by atoms with van der Waals surface area (Å²) in [6, 6.07) is 2.41. The Hall–Kier alpha value is -4.32. The van der Waals surface area contributed by atoms with Gasteiger partial charge < -0.3 is 30.9 Å². The molecule has 0 radical (unpaired) electrons. The van der Waals surface area contributed by atoms with Gasteiger partial charge in [-0.1, -0.05) is 17.2 Å². The van der Waals surface area contributed by atoms with Crippen LogP contribution in [0.3, 0.4) is 0 Å². The first-order valence-electron chi connectivity index (χ1n) is 10.2. The number of azide groups is 1. The summed E-state index contributed by atoms with van der Waals surface area (Å²) in [6.07, 6.45) is 0.118. The number of carboxylic acids is 3. The molecule has 0 fully saturated rings. The molecule has 5 N–H and O–H groups in total. The number of benzene rings is 1. The van der Waals surface area contributed by atoms with Gasteiger partial charge in [0.25, 0.3) is 5.91 Å². The van der Waals surface area contributed by atoms with Gasteiger partial charge in [0.1, 0.15) is 12.1 Å². The van der Waals surface area contributed by atoms with Gasteiger partial charge in [-0.2, -0.15) is 0 Å². The van der Waals surface area contributed by atoms with Gasteiger partial charge in [0.05, 0.1) is 0 Å². The molecule has 0 aromatic heterocycles. The zero-order valence-corrected chi connectivity index (χ0v) is 18.4. The number of carboxylic acid groups (broad SMARTS) is 3. The summed E-state index contributed by atoms with van der Waals surface area (Å²) in [5.74, 6) is -4.38. The molecular weight excluding hydrogens is 452 g/mol. The van der Waals surface area contributed by atoms with Crippen molar-refractivity contribution in [3.8, 4) is 0 Å². The second-order valence-corrected chi connectivity index (χ2v) is 7.29. The van der Waals surface area contributed by atoms with E-state index in [1.165, 1.54) is 36.2 Å².